The van der Waals surface area contributed by atoms with Crippen molar-refractivity contribution in [1.29, 1.82) is 0 Å². The average Bonchev–Trinajstić information content (AvgIpc) is 2.60. The molecule has 0 fully saturated rings. The maximum Gasteiger partial charge on any atom is 0.124 e. The second-order valence-corrected chi connectivity index (χ2v) is 4.09. The Balaban J connectivity index is 2.23. The number of benzene rings is 1. The van der Waals surface area contributed by atoms with Gasteiger partial charge in [-0.25, -0.2) is 0 Å². The summed E-state index contributed by atoms with van der Waals surface area (Å²) in [5.74, 6) is 1.85. The van der Waals surface area contributed by atoms with E-state index in [0.29, 0.717) is 12.6 Å². The van der Waals surface area contributed by atoms with Crippen LogP contribution < -0.4 is 14.8 Å². The molecule has 2 rings (SSSR count). The summed E-state index contributed by atoms with van der Waals surface area (Å²) in [5, 5.41) is 3.47. The van der Waals surface area contributed by atoms with Crippen LogP contribution in [0.15, 0.2) is 18.2 Å². The Morgan fingerprint density at radius 2 is 2.27 bits per heavy atom. The molecule has 1 N–H and O–H groups in total. The molecule has 1 heterocycles. The van der Waals surface area contributed by atoms with E-state index < -0.39 is 0 Å². The molecular formula is C12H17NO2. The zero-order valence-electron chi connectivity index (χ0n) is 9.41. The normalized spacial score (nSPS) is 18.8. The SMILES string of the molecule is COc1ccc2c(c1)C(NC(C)C)CO2. The van der Waals surface area contributed by atoms with Gasteiger partial charge < -0.3 is 14.8 Å². The number of rotatable bonds is 3. The number of fused-ring (bicyclic) bond motifs is 1. The zero-order valence-corrected chi connectivity index (χ0v) is 9.41. The van der Waals surface area contributed by atoms with Crippen LogP contribution in [0.1, 0.15) is 25.5 Å². The summed E-state index contributed by atoms with van der Waals surface area (Å²) in [5.41, 5.74) is 1.20. The minimum atomic E-state index is 0.287. The predicted molar refractivity (Wildman–Crippen MR) is 59.5 cm³/mol. The van der Waals surface area contributed by atoms with Gasteiger partial charge in [-0.05, 0) is 18.2 Å². The fourth-order valence-corrected chi connectivity index (χ4v) is 1.86. The van der Waals surface area contributed by atoms with Gasteiger partial charge in [0.05, 0.1) is 13.2 Å². The van der Waals surface area contributed by atoms with Gasteiger partial charge in [-0.15, -0.1) is 0 Å². The fraction of sp³-hybridized carbons (Fsp3) is 0.500. The second-order valence-electron chi connectivity index (χ2n) is 4.09. The number of ether oxygens (including phenoxy) is 2. The Morgan fingerprint density at radius 3 is 2.93 bits per heavy atom. The van der Waals surface area contributed by atoms with Gasteiger partial charge in [0.1, 0.15) is 18.1 Å². The lowest BCUT2D eigenvalue weighted by Crippen LogP contribution is -2.28. The van der Waals surface area contributed by atoms with Gasteiger partial charge in [-0.1, -0.05) is 13.8 Å². The lowest BCUT2D eigenvalue weighted by Gasteiger charge is -2.14. The Morgan fingerprint density at radius 1 is 1.47 bits per heavy atom. The molecule has 0 saturated carbocycles. The summed E-state index contributed by atoms with van der Waals surface area (Å²) in [6.45, 7) is 4.98. The van der Waals surface area contributed by atoms with Gasteiger partial charge in [0.2, 0.25) is 0 Å². The summed E-state index contributed by atoms with van der Waals surface area (Å²) < 4.78 is 10.8. The van der Waals surface area contributed by atoms with Crippen LogP contribution in [0.3, 0.4) is 0 Å². The number of methoxy groups -OCH3 is 1. The molecule has 1 aliphatic rings. The van der Waals surface area contributed by atoms with Crippen molar-refractivity contribution in [1.82, 2.24) is 5.32 Å². The minimum absolute atomic E-state index is 0.287. The molecule has 1 aromatic rings. The molecule has 82 valence electrons. The number of nitrogens with one attached hydrogen (secondary N) is 1. The Bertz CT molecular complexity index is 349. The highest BCUT2D eigenvalue weighted by Crippen LogP contribution is 2.35. The molecule has 1 unspecified atom stereocenters. The zero-order chi connectivity index (χ0) is 10.8. The maximum absolute atomic E-state index is 5.59. The van der Waals surface area contributed by atoms with Crippen LogP contribution in [0.2, 0.25) is 0 Å². The third kappa shape index (κ3) is 2.07. The number of hydrogen-bond acceptors (Lipinski definition) is 3. The molecule has 3 heteroatoms. The van der Waals surface area contributed by atoms with Gasteiger partial charge in [0.15, 0.2) is 0 Å². The summed E-state index contributed by atoms with van der Waals surface area (Å²) in [6.07, 6.45) is 0. The van der Waals surface area contributed by atoms with Gasteiger partial charge in [-0.2, -0.15) is 0 Å². The first-order valence-electron chi connectivity index (χ1n) is 5.27. The Hall–Kier alpha value is -1.22. The molecule has 0 radical (unpaired) electrons. The van der Waals surface area contributed by atoms with Gasteiger partial charge in [-0.3, -0.25) is 0 Å². The first-order chi connectivity index (χ1) is 7.20. The van der Waals surface area contributed by atoms with Gasteiger partial charge in [0.25, 0.3) is 0 Å². The van der Waals surface area contributed by atoms with Crippen LogP contribution >= 0.6 is 0 Å². The molecule has 15 heavy (non-hydrogen) atoms. The van der Waals surface area contributed by atoms with Crippen LogP contribution in [0.5, 0.6) is 11.5 Å². The average molecular weight is 207 g/mol. The predicted octanol–water partition coefficient (Wildman–Crippen LogP) is 2.13. The summed E-state index contributed by atoms with van der Waals surface area (Å²) >= 11 is 0. The van der Waals surface area contributed by atoms with Crippen LogP contribution in [0, 0.1) is 0 Å². The molecule has 1 atom stereocenters. The second kappa shape index (κ2) is 4.11. The highest BCUT2D eigenvalue weighted by molar-refractivity contribution is 5.44. The van der Waals surface area contributed by atoms with E-state index in [4.69, 9.17) is 9.47 Å². The summed E-state index contributed by atoms with van der Waals surface area (Å²) in [6, 6.07) is 6.68. The van der Waals surface area contributed by atoms with Crippen LogP contribution in [0.25, 0.3) is 0 Å². The first-order valence-corrected chi connectivity index (χ1v) is 5.27. The largest absolute Gasteiger partial charge is 0.497 e. The van der Waals surface area contributed by atoms with Crippen molar-refractivity contribution < 1.29 is 9.47 Å². The summed E-state index contributed by atoms with van der Waals surface area (Å²) in [4.78, 5) is 0. The highest BCUT2D eigenvalue weighted by atomic mass is 16.5. The maximum atomic E-state index is 5.59. The topological polar surface area (TPSA) is 30.5 Å². The standard InChI is InChI=1S/C12H17NO2/c1-8(2)13-11-7-15-12-5-4-9(14-3)6-10(11)12/h4-6,8,11,13H,7H2,1-3H3. The van der Waals surface area contributed by atoms with E-state index in [1.54, 1.807) is 7.11 Å². The fourth-order valence-electron chi connectivity index (χ4n) is 1.86. The van der Waals surface area contributed by atoms with Gasteiger partial charge >= 0.3 is 0 Å². The van der Waals surface area contributed by atoms with Crippen molar-refractivity contribution in [2.75, 3.05) is 13.7 Å². The minimum Gasteiger partial charge on any atom is -0.497 e. The third-order valence-electron chi connectivity index (χ3n) is 2.53. The van der Waals surface area contributed by atoms with Crippen LogP contribution in [-0.4, -0.2) is 19.8 Å². The van der Waals surface area contributed by atoms with E-state index in [1.807, 2.05) is 18.2 Å². The quantitative estimate of drug-likeness (QED) is 0.823. The van der Waals surface area contributed by atoms with E-state index in [1.165, 1.54) is 5.56 Å². The van der Waals surface area contributed by atoms with Crippen molar-refractivity contribution in [2.45, 2.75) is 25.9 Å². The van der Waals surface area contributed by atoms with Crippen molar-refractivity contribution in [3.63, 3.8) is 0 Å². The van der Waals surface area contributed by atoms with E-state index in [2.05, 4.69) is 19.2 Å². The molecule has 0 amide bonds. The Labute approximate surface area is 90.4 Å². The highest BCUT2D eigenvalue weighted by Gasteiger charge is 2.24. The first kappa shape index (κ1) is 10.3. The lowest BCUT2D eigenvalue weighted by molar-refractivity contribution is 0.303. The smallest absolute Gasteiger partial charge is 0.124 e. The summed E-state index contributed by atoms with van der Waals surface area (Å²) in [7, 11) is 1.68. The van der Waals surface area contributed by atoms with Crippen molar-refractivity contribution >= 4 is 0 Å². The molecular weight excluding hydrogens is 190 g/mol. The van der Waals surface area contributed by atoms with Crippen molar-refractivity contribution in [3.8, 4) is 11.5 Å². The monoisotopic (exact) mass is 207 g/mol. The van der Waals surface area contributed by atoms with E-state index in [0.717, 1.165) is 11.5 Å². The molecule has 0 aromatic heterocycles. The van der Waals surface area contributed by atoms with E-state index >= 15 is 0 Å². The molecule has 1 aromatic carbocycles. The van der Waals surface area contributed by atoms with E-state index in [9.17, 15) is 0 Å². The van der Waals surface area contributed by atoms with Gasteiger partial charge in [0, 0.05) is 11.6 Å². The number of hydrogen-bond donors (Lipinski definition) is 1. The third-order valence-corrected chi connectivity index (χ3v) is 2.53. The van der Waals surface area contributed by atoms with Crippen LogP contribution in [-0.2, 0) is 0 Å². The Kier molecular flexibility index (Phi) is 2.82. The molecule has 0 bridgehead atoms. The van der Waals surface area contributed by atoms with Crippen molar-refractivity contribution in [2.24, 2.45) is 0 Å². The van der Waals surface area contributed by atoms with Crippen molar-refractivity contribution in [3.05, 3.63) is 23.8 Å². The molecule has 0 spiro atoms. The van der Waals surface area contributed by atoms with E-state index in [-0.39, 0.29) is 6.04 Å². The molecule has 0 saturated heterocycles. The molecule has 0 aliphatic carbocycles. The van der Waals surface area contributed by atoms with Crippen LogP contribution in [0.4, 0.5) is 0 Å². The molecule has 1 aliphatic heterocycles. The lowest BCUT2D eigenvalue weighted by atomic mass is 10.1. The molecule has 3 nitrogen and oxygen atoms in total.